The van der Waals surface area contributed by atoms with E-state index in [0.29, 0.717) is 12.0 Å². The van der Waals surface area contributed by atoms with Gasteiger partial charge in [-0.05, 0) is 24.1 Å². The number of hydrogen-bond acceptors (Lipinski definition) is 3. The molecule has 2 N–H and O–H groups in total. The van der Waals surface area contributed by atoms with E-state index in [1.807, 2.05) is 0 Å². The minimum absolute atomic E-state index is 0.340. The van der Waals surface area contributed by atoms with Gasteiger partial charge in [0.25, 0.3) is 6.48 Å². The van der Waals surface area contributed by atoms with Gasteiger partial charge in [-0.25, -0.2) is 4.39 Å². The predicted octanol–water partition coefficient (Wildman–Crippen LogP) is 4.29. The summed E-state index contributed by atoms with van der Waals surface area (Å²) in [6, 6.07) is 6.10. The second-order valence-corrected chi connectivity index (χ2v) is 5.42. The fourth-order valence-electron chi connectivity index (χ4n) is 2.45. The first kappa shape index (κ1) is 18.1. The smallest absolute Gasteiger partial charge is 0.267 e. The van der Waals surface area contributed by atoms with Crippen molar-refractivity contribution in [1.29, 1.82) is 0 Å². The van der Waals surface area contributed by atoms with Crippen LogP contribution in [0, 0.1) is 5.82 Å². The van der Waals surface area contributed by atoms with E-state index in [-0.39, 0.29) is 5.82 Å². The molecule has 0 aliphatic heterocycles. The Kier molecular flexibility index (Phi) is 9.22. The first-order valence-electron chi connectivity index (χ1n) is 7.90. The Bertz CT molecular complexity index is 382. The van der Waals surface area contributed by atoms with Gasteiger partial charge in [0, 0.05) is 0 Å². The van der Waals surface area contributed by atoms with Gasteiger partial charge in [0.05, 0.1) is 6.10 Å². The Morgan fingerprint density at radius 1 is 1.05 bits per heavy atom. The lowest BCUT2D eigenvalue weighted by Crippen LogP contribution is -2.15. The van der Waals surface area contributed by atoms with Crippen molar-refractivity contribution < 1.29 is 19.3 Å². The van der Waals surface area contributed by atoms with Crippen LogP contribution in [0.25, 0.3) is 0 Å². The molecule has 0 saturated heterocycles. The number of hydrogen-bond donors (Lipinski definition) is 2. The molecule has 0 spiro atoms. The quantitative estimate of drug-likeness (QED) is 0.473. The van der Waals surface area contributed by atoms with Crippen LogP contribution in [0.4, 0.5) is 4.39 Å². The number of benzene rings is 1. The molecule has 0 aliphatic rings. The molecular weight excluding hydrogens is 271 g/mol. The van der Waals surface area contributed by atoms with E-state index in [0.717, 1.165) is 12.8 Å². The maximum absolute atomic E-state index is 13.2. The van der Waals surface area contributed by atoms with Crippen molar-refractivity contribution in [1.82, 2.24) is 0 Å². The Balaban J connectivity index is 2.37. The molecule has 120 valence electrons. The molecule has 1 rings (SSSR count). The van der Waals surface area contributed by atoms with E-state index in [1.165, 1.54) is 44.2 Å². The van der Waals surface area contributed by atoms with Crippen LogP contribution >= 0.6 is 0 Å². The number of rotatable bonds is 11. The SMILES string of the molecule is CCCCCCCCCC(OC(O)O)c1cccc(F)c1. The Hall–Kier alpha value is -0.970. The highest BCUT2D eigenvalue weighted by molar-refractivity contribution is 5.18. The summed E-state index contributed by atoms with van der Waals surface area (Å²) in [5, 5.41) is 18.0. The van der Waals surface area contributed by atoms with Crippen molar-refractivity contribution in [3.63, 3.8) is 0 Å². The highest BCUT2D eigenvalue weighted by Crippen LogP contribution is 2.25. The van der Waals surface area contributed by atoms with E-state index >= 15 is 0 Å². The fourth-order valence-corrected chi connectivity index (χ4v) is 2.45. The summed E-state index contributed by atoms with van der Waals surface area (Å²) in [6.07, 6.45) is 8.41. The summed E-state index contributed by atoms with van der Waals surface area (Å²) in [4.78, 5) is 0. The zero-order valence-corrected chi connectivity index (χ0v) is 12.8. The molecule has 0 bridgehead atoms. The molecule has 0 saturated carbocycles. The third-order valence-electron chi connectivity index (χ3n) is 3.58. The lowest BCUT2D eigenvalue weighted by atomic mass is 10.0. The van der Waals surface area contributed by atoms with Gasteiger partial charge in [-0.3, -0.25) is 0 Å². The second kappa shape index (κ2) is 10.7. The van der Waals surface area contributed by atoms with Gasteiger partial charge in [0.1, 0.15) is 5.82 Å². The summed E-state index contributed by atoms with van der Waals surface area (Å²) in [5.41, 5.74) is 0.647. The largest absolute Gasteiger partial charge is 0.346 e. The second-order valence-electron chi connectivity index (χ2n) is 5.42. The first-order chi connectivity index (χ1) is 10.1. The highest BCUT2D eigenvalue weighted by atomic mass is 19.1. The van der Waals surface area contributed by atoms with E-state index in [9.17, 15) is 4.39 Å². The van der Waals surface area contributed by atoms with Gasteiger partial charge in [-0.2, -0.15) is 0 Å². The average molecular weight is 298 g/mol. The van der Waals surface area contributed by atoms with Crippen molar-refractivity contribution in [3.05, 3.63) is 35.6 Å². The van der Waals surface area contributed by atoms with Crippen molar-refractivity contribution in [3.8, 4) is 0 Å². The zero-order valence-electron chi connectivity index (χ0n) is 12.8. The molecule has 1 unspecified atom stereocenters. The molecule has 1 aromatic rings. The lowest BCUT2D eigenvalue weighted by molar-refractivity contribution is -0.259. The molecule has 4 heteroatoms. The first-order valence-corrected chi connectivity index (χ1v) is 7.90. The summed E-state index contributed by atoms with van der Waals surface area (Å²) in [7, 11) is 0. The Morgan fingerprint density at radius 2 is 1.71 bits per heavy atom. The zero-order chi connectivity index (χ0) is 15.5. The molecule has 0 amide bonds. The van der Waals surface area contributed by atoms with Gasteiger partial charge >= 0.3 is 0 Å². The maximum Gasteiger partial charge on any atom is 0.267 e. The van der Waals surface area contributed by atoms with Crippen molar-refractivity contribution in [2.24, 2.45) is 0 Å². The van der Waals surface area contributed by atoms with Gasteiger partial charge < -0.3 is 14.9 Å². The van der Waals surface area contributed by atoms with Gasteiger partial charge in [0.15, 0.2) is 0 Å². The molecule has 0 fully saturated rings. The topological polar surface area (TPSA) is 49.7 Å². The minimum Gasteiger partial charge on any atom is -0.346 e. The van der Waals surface area contributed by atoms with Crippen LogP contribution in [0.2, 0.25) is 0 Å². The molecule has 0 aromatic heterocycles. The number of ether oxygens (including phenoxy) is 1. The van der Waals surface area contributed by atoms with E-state index in [1.54, 1.807) is 12.1 Å². The molecule has 1 aromatic carbocycles. The van der Waals surface area contributed by atoms with Gasteiger partial charge in [-0.15, -0.1) is 0 Å². The molecule has 21 heavy (non-hydrogen) atoms. The molecule has 3 nitrogen and oxygen atoms in total. The third kappa shape index (κ3) is 8.15. The van der Waals surface area contributed by atoms with E-state index < -0.39 is 12.6 Å². The number of halogens is 1. The van der Waals surface area contributed by atoms with Crippen molar-refractivity contribution >= 4 is 0 Å². The van der Waals surface area contributed by atoms with Crippen LogP contribution in [-0.2, 0) is 4.74 Å². The molecule has 0 heterocycles. The molecule has 0 aliphatic carbocycles. The molecular formula is C17H27FO3. The van der Waals surface area contributed by atoms with Gasteiger partial charge in [0.2, 0.25) is 0 Å². The van der Waals surface area contributed by atoms with E-state index in [4.69, 9.17) is 14.9 Å². The summed E-state index contributed by atoms with van der Waals surface area (Å²) < 4.78 is 18.3. The van der Waals surface area contributed by atoms with Crippen molar-refractivity contribution in [2.75, 3.05) is 0 Å². The number of aliphatic hydroxyl groups excluding tert-OH is 1. The minimum atomic E-state index is -1.83. The normalized spacial score (nSPS) is 12.8. The maximum atomic E-state index is 13.2. The molecule has 0 radical (unpaired) electrons. The lowest BCUT2D eigenvalue weighted by Gasteiger charge is -2.19. The predicted molar refractivity (Wildman–Crippen MR) is 81.1 cm³/mol. The van der Waals surface area contributed by atoms with Crippen LogP contribution in [0.1, 0.15) is 70.0 Å². The van der Waals surface area contributed by atoms with Gasteiger partial charge in [-0.1, -0.05) is 64.0 Å². The summed E-state index contributed by atoms with van der Waals surface area (Å²) in [6.45, 7) is 0.365. The number of aliphatic hydroxyl groups is 2. The summed E-state index contributed by atoms with van der Waals surface area (Å²) >= 11 is 0. The van der Waals surface area contributed by atoms with E-state index in [2.05, 4.69) is 6.92 Å². The van der Waals surface area contributed by atoms with Crippen LogP contribution in [0.15, 0.2) is 24.3 Å². The van der Waals surface area contributed by atoms with Crippen LogP contribution in [0.5, 0.6) is 0 Å². The van der Waals surface area contributed by atoms with Crippen LogP contribution < -0.4 is 0 Å². The average Bonchev–Trinajstić information content (AvgIpc) is 2.44. The highest BCUT2D eigenvalue weighted by Gasteiger charge is 2.15. The Morgan fingerprint density at radius 3 is 2.33 bits per heavy atom. The fraction of sp³-hybridized carbons (Fsp3) is 0.647. The monoisotopic (exact) mass is 298 g/mol. The number of unbranched alkanes of at least 4 members (excludes halogenated alkanes) is 6. The van der Waals surface area contributed by atoms with Crippen LogP contribution in [-0.4, -0.2) is 16.7 Å². The summed E-state index contributed by atoms with van der Waals surface area (Å²) in [5.74, 6) is -0.340. The third-order valence-corrected chi connectivity index (χ3v) is 3.58. The molecule has 1 atom stereocenters. The van der Waals surface area contributed by atoms with Crippen LogP contribution in [0.3, 0.4) is 0 Å². The van der Waals surface area contributed by atoms with Crippen molar-refractivity contribution in [2.45, 2.75) is 70.9 Å². The standard InChI is InChI=1S/C17H27FO3/c1-2-3-4-5-6-7-8-12-16(21-17(19)20)14-10-9-11-15(18)13-14/h9-11,13,16-17,19-20H,2-8,12H2,1H3. The Labute approximate surface area is 126 Å².